The van der Waals surface area contributed by atoms with E-state index in [-0.39, 0.29) is 0 Å². The molecule has 0 unspecified atom stereocenters. The Bertz CT molecular complexity index is 323. The number of nitrogens with zero attached hydrogens (tertiary/aromatic N) is 3. The molecule has 0 radical (unpaired) electrons. The minimum atomic E-state index is 0.828. The van der Waals surface area contributed by atoms with Gasteiger partial charge in [0.2, 0.25) is 0 Å². The maximum atomic E-state index is 4.54. The summed E-state index contributed by atoms with van der Waals surface area (Å²) in [6.45, 7) is 6.91. The summed E-state index contributed by atoms with van der Waals surface area (Å²) in [5.41, 5.74) is 2.14. The van der Waals surface area contributed by atoms with E-state index in [1.807, 2.05) is 13.0 Å². The second-order valence-corrected chi connectivity index (χ2v) is 4.25. The molecule has 16 heavy (non-hydrogen) atoms. The number of aromatic nitrogens is 2. The minimum absolute atomic E-state index is 0.828. The van der Waals surface area contributed by atoms with Gasteiger partial charge in [0.25, 0.3) is 0 Å². The third-order valence-electron chi connectivity index (χ3n) is 2.29. The molecule has 0 aromatic carbocycles. The number of hydrogen-bond donors (Lipinski definition) is 1. The second-order valence-electron chi connectivity index (χ2n) is 4.25. The number of aryl methyl sites for hydroxylation is 1. The molecule has 1 rings (SSSR count). The summed E-state index contributed by atoms with van der Waals surface area (Å²) in [4.78, 5) is 11.1. The van der Waals surface area contributed by atoms with Gasteiger partial charge in [-0.25, -0.2) is 9.97 Å². The molecule has 1 N–H and O–H groups in total. The topological polar surface area (TPSA) is 41.1 Å². The van der Waals surface area contributed by atoms with Crippen LogP contribution in [-0.4, -0.2) is 42.1 Å². The van der Waals surface area contributed by atoms with Crippen molar-refractivity contribution in [3.63, 3.8) is 0 Å². The lowest BCUT2D eigenvalue weighted by atomic mass is 10.3. The van der Waals surface area contributed by atoms with Gasteiger partial charge >= 0.3 is 0 Å². The van der Waals surface area contributed by atoms with Crippen LogP contribution in [0, 0.1) is 6.92 Å². The molecule has 0 aliphatic heterocycles. The van der Waals surface area contributed by atoms with Crippen LogP contribution >= 0.6 is 0 Å². The molecule has 0 amide bonds. The van der Waals surface area contributed by atoms with Crippen LogP contribution in [-0.2, 0) is 13.0 Å². The zero-order chi connectivity index (χ0) is 12.0. The SMILES string of the molecule is CCNCc1cc(C)nc(CCN(C)C)n1. The fraction of sp³-hybridized carbons (Fsp3) is 0.667. The summed E-state index contributed by atoms with van der Waals surface area (Å²) in [5, 5.41) is 3.28. The number of likely N-dealkylation sites (N-methyl/N-ethyl adjacent to an activating group) is 1. The van der Waals surface area contributed by atoms with Crippen molar-refractivity contribution in [2.75, 3.05) is 27.2 Å². The largest absolute Gasteiger partial charge is 0.311 e. The van der Waals surface area contributed by atoms with Gasteiger partial charge in [-0.1, -0.05) is 6.92 Å². The van der Waals surface area contributed by atoms with Gasteiger partial charge in [-0.15, -0.1) is 0 Å². The van der Waals surface area contributed by atoms with Gasteiger partial charge in [-0.2, -0.15) is 0 Å². The zero-order valence-corrected chi connectivity index (χ0v) is 10.7. The lowest BCUT2D eigenvalue weighted by Gasteiger charge is -2.10. The smallest absolute Gasteiger partial charge is 0.130 e. The summed E-state index contributed by atoms with van der Waals surface area (Å²) in [6.07, 6.45) is 0.911. The van der Waals surface area contributed by atoms with E-state index in [0.29, 0.717) is 0 Å². The lowest BCUT2D eigenvalue weighted by molar-refractivity contribution is 0.409. The molecule has 1 heterocycles. The summed E-state index contributed by atoms with van der Waals surface area (Å²) >= 11 is 0. The standard InChI is InChI=1S/C12H22N4/c1-5-13-9-11-8-10(2)14-12(15-11)6-7-16(3)4/h8,13H,5-7,9H2,1-4H3. The van der Waals surface area contributed by atoms with Crippen molar-refractivity contribution in [3.8, 4) is 0 Å². The summed E-state index contributed by atoms with van der Waals surface area (Å²) in [7, 11) is 4.13. The molecule has 0 saturated carbocycles. The Labute approximate surface area is 98.1 Å². The van der Waals surface area contributed by atoms with Crippen molar-refractivity contribution in [1.82, 2.24) is 20.2 Å². The third-order valence-corrected chi connectivity index (χ3v) is 2.29. The number of rotatable bonds is 6. The first-order chi connectivity index (χ1) is 7.61. The summed E-state index contributed by atoms with van der Waals surface area (Å²) < 4.78 is 0. The highest BCUT2D eigenvalue weighted by atomic mass is 15.1. The van der Waals surface area contributed by atoms with E-state index >= 15 is 0 Å². The van der Waals surface area contributed by atoms with Crippen LogP contribution in [0.1, 0.15) is 24.1 Å². The van der Waals surface area contributed by atoms with E-state index in [0.717, 1.165) is 43.3 Å². The molecule has 0 aliphatic rings. The second kappa shape index (κ2) is 6.55. The summed E-state index contributed by atoms with van der Waals surface area (Å²) in [6, 6.07) is 2.04. The highest BCUT2D eigenvalue weighted by molar-refractivity contribution is 5.10. The first-order valence-corrected chi connectivity index (χ1v) is 5.80. The Hall–Kier alpha value is -1.00. The van der Waals surface area contributed by atoms with Gasteiger partial charge in [0.15, 0.2) is 0 Å². The van der Waals surface area contributed by atoms with Crippen molar-refractivity contribution in [1.29, 1.82) is 0 Å². The van der Waals surface area contributed by atoms with E-state index < -0.39 is 0 Å². The molecule has 4 heteroatoms. The Morgan fingerprint density at radius 1 is 1.31 bits per heavy atom. The van der Waals surface area contributed by atoms with Crippen molar-refractivity contribution in [2.45, 2.75) is 26.8 Å². The fourth-order valence-corrected chi connectivity index (χ4v) is 1.48. The maximum absolute atomic E-state index is 4.54. The van der Waals surface area contributed by atoms with Crippen molar-refractivity contribution >= 4 is 0 Å². The molecule has 1 aromatic rings. The number of hydrogen-bond acceptors (Lipinski definition) is 4. The van der Waals surface area contributed by atoms with Crippen molar-refractivity contribution < 1.29 is 0 Å². The van der Waals surface area contributed by atoms with Crippen LogP contribution in [0.25, 0.3) is 0 Å². The zero-order valence-electron chi connectivity index (χ0n) is 10.7. The molecule has 0 atom stereocenters. The highest BCUT2D eigenvalue weighted by Crippen LogP contribution is 2.01. The molecular formula is C12H22N4. The van der Waals surface area contributed by atoms with E-state index in [4.69, 9.17) is 0 Å². The molecule has 0 bridgehead atoms. The lowest BCUT2D eigenvalue weighted by Crippen LogP contribution is -2.18. The Morgan fingerprint density at radius 3 is 2.69 bits per heavy atom. The molecule has 0 saturated heterocycles. The van der Waals surface area contributed by atoms with Crippen LogP contribution in [0.4, 0.5) is 0 Å². The molecule has 0 spiro atoms. The predicted molar refractivity (Wildman–Crippen MR) is 66.4 cm³/mol. The molecule has 0 aliphatic carbocycles. The first-order valence-electron chi connectivity index (χ1n) is 5.80. The quantitative estimate of drug-likeness (QED) is 0.779. The molecular weight excluding hydrogens is 200 g/mol. The minimum Gasteiger partial charge on any atom is -0.311 e. The Morgan fingerprint density at radius 2 is 2.06 bits per heavy atom. The van der Waals surface area contributed by atoms with Crippen LogP contribution < -0.4 is 5.32 Å². The van der Waals surface area contributed by atoms with E-state index in [2.05, 4.69) is 41.2 Å². The number of nitrogens with one attached hydrogen (secondary N) is 1. The Kier molecular flexibility index (Phi) is 5.35. The van der Waals surface area contributed by atoms with Gasteiger partial charge in [-0.3, -0.25) is 0 Å². The third kappa shape index (κ3) is 4.68. The van der Waals surface area contributed by atoms with Gasteiger partial charge in [0, 0.05) is 25.2 Å². The summed E-state index contributed by atoms with van der Waals surface area (Å²) in [5.74, 6) is 0.946. The maximum Gasteiger partial charge on any atom is 0.130 e. The highest BCUT2D eigenvalue weighted by Gasteiger charge is 2.02. The van der Waals surface area contributed by atoms with Gasteiger partial charge in [0.05, 0.1) is 5.69 Å². The van der Waals surface area contributed by atoms with E-state index in [1.54, 1.807) is 0 Å². The molecule has 1 aromatic heterocycles. The Balaban J connectivity index is 2.65. The molecule has 90 valence electrons. The van der Waals surface area contributed by atoms with E-state index in [9.17, 15) is 0 Å². The monoisotopic (exact) mass is 222 g/mol. The average molecular weight is 222 g/mol. The van der Waals surface area contributed by atoms with Crippen LogP contribution in [0.3, 0.4) is 0 Å². The van der Waals surface area contributed by atoms with Gasteiger partial charge in [-0.05, 0) is 33.6 Å². The first kappa shape index (κ1) is 13.1. The van der Waals surface area contributed by atoms with Crippen molar-refractivity contribution in [3.05, 3.63) is 23.3 Å². The van der Waals surface area contributed by atoms with Crippen molar-refractivity contribution in [2.24, 2.45) is 0 Å². The molecule has 0 fully saturated rings. The average Bonchev–Trinajstić information content (AvgIpc) is 2.23. The molecule has 4 nitrogen and oxygen atoms in total. The van der Waals surface area contributed by atoms with Gasteiger partial charge in [0.1, 0.15) is 5.82 Å². The fourth-order valence-electron chi connectivity index (χ4n) is 1.48. The van der Waals surface area contributed by atoms with Crippen LogP contribution in [0.2, 0.25) is 0 Å². The van der Waals surface area contributed by atoms with Crippen LogP contribution in [0.5, 0.6) is 0 Å². The van der Waals surface area contributed by atoms with Crippen LogP contribution in [0.15, 0.2) is 6.07 Å². The van der Waals surface area contributed by atoms with Gasteiger partial charge < -0.3 is 10.2 Å². The normalized spacial score (nSPS) is 11.1. The van der Waals surface area contributed by atoms with E-state index in [1.165, 1.54) is 0 Å². The predicted octanol–water partition coefficient (Wildman–Crippen LogP) is 0.999.